The predicted octanol–water partition coefficient (Wildman–Crippen LogP) is 3.15. The van der Waals surface area contributed by atoms with Gasteiger partial charge in [0, 0.05) is 38.0 Å². The monoisotopic (exact) mass is 666 g/mol. The van der Waals surface area contributed by atoms with Gasteiger partial charge in [-0.3, -0.25) is 19.2 Å². The van der Waals surface area contributed by atoms with Gasteiger partial charge in [-0.05, 0) is 30.2 Å². The van der Waals surface area contributed by atoms with Crippen molar-refractivity contribution < 1.29 is 45.8 Å². The van der Waals surface area contributed by atoms with Gasteiger partial charge in [0.05, 0.1) is 12.2 Å². The lowest BCUT2D eigenvalue weighted by atomic mass is 10.1. The molecule has 12 nitrogen and oxygen atoms in total. The molecule has 2 atom stereocenters. The van der Waals surface area contributed by atoms with Crippen LogP contribution < -0.4 is 32.5 Å². The minimum atomic E-state index is -4.88. The number of rotatable bonds is 14. The summed E-state index contributed by atoms with van der Waals surface area (Å²) in [6.07, 6.45) is -6.19. The number of anilines is 1. The van der Waals surface area contributed by atoms with E-state index in [0.717, 1.165) is 47.1 Å². The van der Waals surface area contributed by atoms with Gasteiger partial charge in [0.15, 0.2) is 0 Å². The highest BCUT2D eigenvalue weighted by molar-refractivity contribution is 5.96. The number of halogens is 5. The summed E-state index contributed by atoms with van der Waals surface area (Å²) in [7, 11) is 0. The molecule has 0 fully saturated rings. The fourth-order valence-corrected chi connectivity index (χ4v) is 4.11. The zero-order valence-electron chi connectivity index (χ0n) is 24.8. The molecule has 0 aliphatic carbocycles. The van der Waals surface area contributed by atoms with Crippen molar-refractivity contribution in [3.8, 4) is 5.75 Å². The van der Waals surface area contributed by atoms with E-state index in [1.165, 1.54) is 24.3 Å². The summed E-state index contributed by atoms with van der Waals surface area (Å²) in [5.74, 6) is 1.42. The number of hydrogen-bond donors (Lipinski definition) is 4. The van der Waals surface area contributed by atoms with E-state index in [1.54, 1.807) is 18.2 Å². The lowest BCUT2D eigenvalue weighted by Crippen LogP contribution is -2.36. The molecule has 252 valence electrons. The van der Waals surface area contributed by atoms with E-state index in [1.807, 2.05) is 0 Å². The van der Waals surface area contributed by atoms with Gasteiger partial charge < -0.3 is 35.4 Å². The van der Waals surface area contributed by atoms with Crippen LogP contribution in [0.5, 0.6) is 5.75 Å². The Hall–Kier alpha value is -5.45. The maximum Gasteiger partial charge on any atom is 0.573 e. The van der Waals surface area contributed by atoms with E-state index < -0.39 is 71.5 Å². The number of pyridine rings is 1. The van der Waals surface area contributed by atoms with Gasteiger partial charge in [-0.25, -0.2) is 10.2 Å². The molecule has 3 rings (SSSR count). The smallest absolute Gasteiger partial charge is 0.447 e. The van der Waals surface area contributed by atoms with Gasteiger partial charge in [0.2, 0.25) is 11.9 Å². The van der Waals surface area contributed by atoms with Gasteiger partial charge in [-0.1, -0.05) is 42.5 Å². The molecule has 47 heavy (non-hydrogen) atoms. The number of esters is 1. The molecule has 6 N–H and O–H groups in total. The minimum absolute atomic E-state index is 0.202. The molecule has 1 heterocycles. The molecule has 1 aromatic heterocycles. The number of carbonyl (C=O) groups excluding carboxylic acids is 3. The highest BCUT2D eigenvalue weighted by Gasteiger charge is 2.31. The fourth-order valence-electron chi connectivity index (χ4n) is 4.11. The number of ether oxygens (including phenoxy) is 2. The quantitative estimate of drug-likeness (QED) is 0.0664. The molecular formula is C30H31F5N6O6. The first kappa shape index (κ1) is 36.0. The molecule has 2 amide bonds. The van der Waals surface area contributed by atoms with Crippen LogP contribution in [-0.4, -0.2) is 46.4 Å². The van der Waals surface area contributed by atoms with Gasteiger partial charge in [0.25, 0.3) is 17.4 Å². The minimum Gasteiger partial charge on any atom is -0.447 e. The van der Waals surface area contributed by atoms with Gasteiger partial charge in [-0.2, -0.15) is 4.39 Å². The Morgan fingerprint density at radius 2 is 1.79 bits per heavy atom. The highest BCUT2D eigenvalue weighted by atomic mass is 19.4. The van der Waals surface area contributed by atoms with Crippen molar-refractivity contribution >= 4 is 23.5 Å². The molecule has 0 saturated carbocycles. The van der Waals surface area contributed by atoms with Gasteiger partial charge in [0.1, 0.15) is 17.6 Å². The number of hydrogen-bond acceptors (Lipinski definition) is 9. The van der Waals surface area contributed by atoms with E-state index in [-0.39, 0.29) is 25.1 Å². The standard InChI is InChI=1S/C30H31F5N6O6/c1-18(42)46-26(20-7-3-2-4-8-20)28(44)39-24-11-13-40(29(45)25(24)32)12-10-21(31)16-41(37)17-23(36)27(43)38-15-19-6-5-9-22(14-19)47-30(33,34)35/h2-9,11,13-14,17,21,26H,10,12,15-16,36-37H2,1H3,(H,38,43)(H,39,44)/b23-17-. The van der Waals surface area contributed by atoms with Crippen LogP contribution >= 0.6 is 0 Å². The van der Waals surface area contributed by atoms with Crippen molar-refractivity contribution in [1.82, 2.24) is 14.9 Å². The topological polar surface area (TPSA) is 171 Å². The van der Waals surface area contributed by atoms with Crippen molar-refractivity contribution in [3.05, 3.63) is 106 Å². The average Bonchev–Trinajstić information content (AvgIpc) is 3.00. The second-order valence-electron chi connectivity index (χ2n) is 9.98. The van der Waals surface area contributed by atoms with E-state index in [2.05, 4.69) is 15.4 Å². The number of alkyl halides is 4. The van der Waals surface area contributed by atoms with Crippen molar-refractivity contribution in [2.75, 3.05) is 11.9 Å². The Balaban J connectivity index is 1.53. The number of amides is 2. The zero-order valence-corrected chi connectivity index (χ0v) is 24.8. The maximum absolute atomic E-state index is 14.9. The van der Waals surface area contributed by atoms with Crippen LogP contribution in [0.4, 0.5) is 27.6 Å². The van der Waals surface area contributed by atoms with E-state index in [9.17, 15) is 41.1 Å². The second-order valence-corrected chi connectivity index (χ2v) is 9.98. The van der Waals surface area contributed by atoms with E-state index in [4.69, 9.17) is 16.3 Å². The Morgan fingerprint density at radius 1 is 1.09 bits per heavy atom. The molecule has 2 aromatic carbocycles. The number of aromatic nitrogens is 1. The van der Waals surface area contributed by atoms with Crippen molar-refractivity contribution in [1.29, 1.82) is 0 Å². The van der Waals surface area contributed by atoms with Crippen molar-refractivity contribution in [2.45, 2.75) is 45.1 Å². The van der Waals surface area contributed by atoms with Crippen molar-refractivity contribution in [3.63, 3.8) is 0 Å². The van der Waals surface area contributed by atoms with Crippen molar-refractivity contribution in [2.24, 2.45) is 11.6 Å². The summed E-state index contributed by atoms with van der Waals surface area (Å²) < 4.78 is 76.5. The predicted molar refractivity (Wildman–Crippen MR) is 158 cm³/mol. The highest BCUT2D eigenvalue weighted by Crippen LogP contribution is 2.23. The summed E-state index contributed by atoms with van der Waals surface area (Å²) in [5.41, 5.74) is 4.23. The molecule has 0 saturated heterocycles. The van der Waals surface area contributed by atoms with Crippen LogP contribution in [0.3, 0.4) is 0 Å². The number of aryl methyl sites for hydroxylation is 1. The lowest BCUT2D eigenvalue weighted by Gasteiger charge is -2.19. The Bertz CT molecular complexity index is 1650. The zero-order chi connectivity index (χ0) is 34.7. The summed E-state index contributed by atoms with van der Waals surface area (Å²) >= 11 is 0. The average molecular weight is 667 g/mol. The maximum atomic E-state index is 14.9. The van der Waals surface area contributed by atoms with E-state index >= 15 is 0 Å². The Morgan fingerprint density at radius 3 is 2.45 bits per heavy atom. The number of nitrogens with zero attached hydrogens (tertiary/aromatic N) is 2. The van der Waals surface area contributed by atoms with Gasteiger partial charge >= 0.3 is 12.3 Å². The molecular weight excluding hydrogens is 635 g/mol. The third-order valence-corrected chi connectivity index (χ3v) is 6.23. The largest absolute Gasteiger partial charge is 0.573 e. The van der Waals surface area contributed by atoms with Crippen LogP contribution in [0.25, 0.3) is 0 Å². The Labute approximate surface area is 264 Å². The Kier molecular flexibility index (Phi) is 12.4. The van der Waals surface area contributed by atoms with Gasteiger partial charge in [-0.15, -0.1) is 13.2 Å². The summed E-state index contributed by atoms with van der Waals surface area (Å²) in [4.78, 5) is 49.1. The molecule has 0 aliphatic rings. The summed E-state index contributed by atoms with van der Waals surface area (Å²) in [6, 6.07) is 14.0. The molecule has 0 radical (unpaired) electrons. The second kappa shape index (κ2) is 16.2. The fraction of sp³-hybridized carbons (Fsp3) is 0.267. The summed E-state index contributed by atoms with van der Waals surface area (Å²) in [6.45, 7) is 0.137. The molecule has 0 spiro atoms. The molecule has 0 bridgehead atoms. The molecule has 17 heteroatoms. The summed E-state index contributed by atoms with van der Waals surface area (Å²) in [5, 5.41) is 5.39. The lowest BCUT2D eigenvalue weighted by molar-refractivity contribution is -0.274. The number of nitrogens with one attached hydrogen (secondary N) is 2. The number of hydrazine groups is 1. The number of benzene rings is 2. The third-order valence-electron chi connectivity index (χ3n) is 6.23. The van der Waals surface area contributed by atoms with Crippen LogP contribution in [0, 0.1) is 5.82 Å². The van der Waals surface area contributed by atoms with Crippen LogP contribution in [0.2, 0.25) is 0 Å². The normalized spacial score (nSPS) is 12.9. The molecule has 2 unspecified atom stereocenters. The molecule has 0 aliphatic heterocycles. The number of carbonyl (C=O) groups is 3. The third kappa shape index (κ3) is 11.4. The van der Waals surface area contributed by atoms with E-state index in [0.29, 0.717) is 5.56 Å². The number of nitrogens with two attached hydrogens (primary N) is 2. The van der Waals surface area contributed by atoms with Crippen LogP contribution in [0.1, 0.15) is 30.6 Å². The molecule has 3 aromatic rings. The first-order valence-electron chi connectivity index (χ1n) is 13.8. The SMILES string of the molecule is CC(=O)OC(C(=O)Nc1ccn(CCC(F)CN(N)/C=C(\N)C(=O)NCc2cccc(OC(F)(F)F)c2)c(=O)c1F)c1ccccc1. The first-order valence-corrected chi connectivity index (χ1v) is 13.8. The van der Waals surface area contributed by atoms with Crippen LogP contribution in [-0.2, 0) is 32.2 Å². The first-order chi connectivity index (χ1) is 22.1. The van der Waals surface area contributed by atoms with Crippen LogP contribution in [0.15, 0.2) is 83.6 Å².